The van der Waals surface area contributed by atoms with Gasteiger partial charge in [-0.25, -0.2) is 4.39 Å². The highest BCUT2D eigenvalue weighted by Gasteiger charge is 2.04. The van der Waals surface area contributed by atoms with Gasteiger partial charge in [0.25, 0.3) is 0 Å². The van der Waals surface area contributed by atoms with Crippen molar-refractivity contribution in [3.63, 3.8) is 0 Å². The number of hydrogen-bond donors (Lipinski definition) is 1. The van der Waals surface area contributed by atoms with E-state index in [9.17, 15) is 9.18 Å². The van der Waals surface area contributed by atoms with Gasteiger partial charge in [-0.05, 0) is 17.7 Å². The Morgan fingerprint density at radius 3 is 2.67 bits per heavy atom. The largest absolute Gasteiger partial charge is 0.366 e. The van der Waals surface area contributed by atoms with Crippen LogP contribution in [0.1, 0.15) is 15.9 Å². The molecule has 0 unspecified atom stereocenters. The van der Waals surface area contributed by atoms with Crippen molar-refractivity contribution >= 4 is 28.5 Å². The van der Waals surface area contributed by atoms with Crippen LogP contribution in [0.5, 0.6) is 0 Å². The first-order chi connectivity index (χ1) is 5.65. The van der Waals surface area contributed by atoms with Crippen molar-refractivity contribution in [2.24, 2.45) is 5.73 Å². The first kappa shape index (κ1) is 9.44. The summed E-state index contributed by atoms with van der Waals surface area (Å²) in [7, 11) is 0. The van der Waals surface area contributed by atoms with Crippen molar-refractivity contribution in [1.29, 1.82) is 0 Å². The smallest absolute Gasteiger partial charge is 0.248 e. The molecule has 64 valence electrons. The van der Waals surface area contributed by atoms with Crippen molar-refractivity contribution in [3.8, 4) is 0 Å². The fraction of sp³-hybridized carbons (Fsp3) is 0.125. The number of halogens is 2. The minimum atomic E-state index is -0.603. The van der Waals surface area contributed by atoms with E-state index < -0.39 is 5.91 Å². The van der Waals surface area contributed by atoms with E-state index in [1.165, 1.54) is 6.07 Å². The zero-order chi connectivity index (χ0) is 9.14. The molecule has 0 radical (unpaired) electrons. The average molecular weight is 279 g/mol. The Bertz CT molecular complexity index is 314. The number of amides is 1. The minimum absolute atomic E-state index is 0.209. The summed E-state index contributed by atoms with van der Waals surface area (Å²) in [5.41, 5.74) is 5.76. The van der Waals surface area contributed by atoms with E-state index in [0.717, 1.165) is 6.07 Å². The van der Waals surface area contributed by atoms with E-state index in [-0.39, 0.29) is 11.4 Å². The van der Waals surface area contributed by atoms with Gasteiger partial charge in [0, 0.05) is 9.99 Å². The van der Waals surface area contributed by atoms with Crippen LogP contribution >= 0.6 is 22.6 Å². The zero-order valence-corrected chi connectivity index (χ0v) is 8.34. The SMILES string of the molecule is NC(=O)c1ccc(CI)c(F)c1. The van der Waals surface area contributed by atoms with E-state index in [1.807, 2.05) is 0 Å². The lowest BCUT2D eigenvalue weighted by Gasteiger charge is -1.99. The summed E-state index contributed by atoms with van der Waals surface area (Å²) in [6.07, 6.45) is 0. The van der Waals surface area contributed by atoms with Crippen molar-refractivity contribution in [3.05, 3.63) is 35.1 Å². The van der Waals surface area contributed by atoms with E-state index in [0.29, 0.717) is 9.99 Å². The van der Waals surface area contributed by atoms with Gasteiger partial charge in [-0.2, -0.15) is 0 Å². The molecule has 0 spiro atoms. The zero-order valence-electron chi connectivity index (χ0n) is 6.18. The first-order valence-electron chi connectivity index (χ1n) is 3.29. The second-order valence-corrected chi connectivity index (χ2v) is 3.07. The van der Waals surface area contributed by atoms with E-state index in [2.05, 4.69) is 22.6 Å². The van der Waals surface area contributed by atoms with Gasteiger partial charge in [-0.1, -0.05) is 28.7 Å². The molecular formula is C8H7FINO. The summed E-state index contributed by atoms with van der Waals surface area (Å²) in [5, 5.41) is 0. The molecule has 0 atom stereocenters. The van der Waals surface area contributed by atoms with Gasteiger partial charge in [-0.3, -0.25) is 4.79 Å². The second-order valence-electron chi connectivity index (χ2n) is 2.30. The molecule has 0 saturated carbocycles. The molecule has 2 N–H and O–H groups in total. The molecule has 4 heteroatoms. The van der Waals surface area contributed by atoms with Gasteiger partial charge in [-0.15, -0.1) is 0 Å². The first-order valence-corrected chi connectivity index (χ1v) is 4.82. The highest BCUT2D eigenvalue weighted by Crippen LogP contribution is 2.13. The third kappa shape index (κ3) is 1.94. The monoisotopic (exact) mass is 279 g/mol. The summed E-state index contributed by atoms with van der Waals surface area (Å²) in [5.74, 6) is -0.977. The number of alkyl halides is 1. The lowest BCUT2D eigenvalue weighted by molar-refractivity contribution is 0.1000. The fourth-order valence-corrected chi connectivity index (χ4v) is 1.43. The maximum atomic E-state index is 13.0. The summed E-state index contributed by atoms with van der Waals surface area (Å²) in [6, 6.07) is 4.26. The van der Waals surface area contributed by atoms with Gasteiger partial charge >= 0.3 is 0 Å². The Kier molecular flexibility index (Phi) is 3.02. The predicted octanol–water partition coefficient (Wildman–Crippen LogP) is 1.86. The van der Waals surface area contributed by atoms with Gasteiger partial charge in [0.15, 0.2) is 0 Å². The Balaban J connectivity index is 3.10. The Morgan fingerprint density at radius 2 is 2.25 bits per heavy atom. The van der Waals surface area contributed by atoms with Crippen LogP contribution in [0.3, 0.4) is 0 Å². The summed E-state index contributed by atoms with van der Waals surface area (Å²) < 4.78 is 13.6. The topological polar surface area (TPSA) is 43.1 Å². The van der Waals surface area contributed by atoms with Crippen LogP contribution in [-0.2, 0) is 4.43 Å². The van der Waals surface area contributed by atoms with Crippen LogP contribution in [0.15, 0.2) is 18.2 Å². The molecule has 0 aliphatic carbocycles. The molecule has 0 saturated heterocycles. The van der Waals surface area contributed by atoms with Crippen LogP contribution in [0, 0.1) is 5.82 Å². The van der Waals surface area contributed by atoms with Crippen LogP contribution in [-0.4, -0.2) is 5.91 Å². The van der Waals surface area contributed by atoms with Crippen LogP contribution in [0.2, 0.25) is 0 Å². The van der Waals surface area contributed by atoms with E-state index in [4.69, 9.17) is 5.73 Å². The Hall–Kier alpha value is -0.650. The minimum Gasteiger partial charge on any atom is -0.366 e. The quantitative estimate of drug-likeness (QED) is 0.651. The van der Waals surface area contributed by atoms with Gasteiger partial charge in [0.05, 0.1) is 0 Å². The molecule has 1 aromatic rings. The second kappa shape index (κ2) is 3.84. The van der Waals surface area contributed by atoms with Crippen molar-refractivity contribution in [2.75, 3.05) is 0 Å². The van der Waals surface area contributed by atoms with Crippen LogP contribution < -0.4 is 5.73 Å². The third-order valence-corrected chi connectivity index (χ3v) is 2.30. The maximum Gasteiger partial charge on any atom is 0.248 e. The fourth-order valence-electron chi connectivity index (χ4n) is 0.809. The number of benzene rings is 1. The molecule has 0 aliphatic rings. The molecule has 2 nitrogen and oxygen atoms in total. The number of hydrogen-bond acceptors (Lipinski definition) is 1. The lowest BCUT2D eigenvalue weighted by Crippen LogP contribution is -2.11. The predicted molar refractivity (Wildman–Crippen MR) is 52.6 cm³/mol. The average Bonchev–Trinajstić information content (AvgIpc) is 2.04. The molecule has 1 aromatic carbocycles. The number of carbonyl (C=O) groups excluding carboxylic acids is 1. The third-order valence-electron chi connectivity index (χ3n) is 1.48. The molecule has 12 heavy (non-hydrogen) atoms. The van der Waals surface area contributed by atoms with E-state index >= 15 is 0 Å². The molecular weight excluding hydrogens is 272 g/mol. The Morgan fingerprint density at radius 1 is 1.58 bits per heavy atom. The van der Waals surface area contributed by atoms with Gasteiger partial charge in [0.1, 0.15) is 5.82 Å². The molecule has 1 rings (SSSR count). The summed E-state index contributed by atoms with van der Waals surface area (Å²) in [6.45, 7) is 0. The number of nitrogens with two attached hydrogens (primary N) is 1. The molecule has 0 heterocycles. The van der Waals surface area contributed by atoms with Crippen LogP contribution in [0.4, 0.5) is 4.39 Å². The van der Waals surface area contributed by atoms with Crippen LogP contribution in [0.25, 0.3) is 0 Å². The molecule has 0 bridgehead atoms. The van der Waals surface area contributed by atoms with Gasteiger partial charge < -0.3 is 5.73 Å². The van der Waals surface area contributed by atoms with Crippen molar-refractivity contribution < 1.29 is 9.18 Å². The van der Waals surface area contributed by atoms with Crippen molar-refractivity contribution in [1.82, 2.24) is 0 Å². The molecule has 1 amide bonds. The lowest BCUT2D eigenvalue weighted by atomic mass is 10.1. The summed E-state index contributed by atoms with van der Waals surface area (Å²) in [4.78, 5) is 10.6. The van der Waals surface area contributed by atoms with Crippen molar-refractivity contribution in [2.45, 2.75) is 4.43 Å². The number of primary amides is 1. The number of rotatable bonds is 2. The highest BCUT2D eigenvalue weighted by molar-refractivity contribution is 14.1. The normalized spacial score (nSPS) is 9.83. The van der Waals surface area contributed by atoms with E-state index in [1.54, 1.807) is 6.07 Å². The number of carbonyl (C=O) groups is 1. The molecule has 0 aromatic heterocycles. The molecule has 0 fully saturated rings. The highest BCUT2D eigenvalue weighted by atomic mass is 127. The maximum absolute atomic E-state index is 13.0. The molecule has 0 aliphatic heterocycles. The standard InChI is InChI=1S/C8H7FINO/c9-7-3-5(8(11)12)1-2-6(7)4-10/h1-3H,4H2,(H2,11,12). The summed E-state index contributed by atoms with van der Waals surface area (Å²) >= 11 is 2.05. The Labute approximate surface area is 83.1 Å². The van der Waals surface area contributed by atoms with Gasteiger partial charge in [0.2, 0.25) is 5.91 Å².